The van der Waals surface area contributed by atoms with E-state index in [0.717, 1.165) is 4.47 Å². The van der Waals surface area contributed by atoms with Crippen molar-refractivity contribution in [1.82, 2.24) is 20.2 Å². The van der Waals surface area contributed by atoms with Gasteiger partial charge in [-0.3, -0.25) is 0 Å². The number of amides is 2. The van der Waals surface area contributed by atoms with Crippen LogP contribution in [0.2, 0.25) is 0 Å². The van der Waals surface area contributed by atoms with Crippen LogP contribution in [-0.2, 0) is 0 Å². The summed E-state index contributed by atoms with van der Waals surface area (Å²) >= 11 is 3.26. The van der Waals surface area contributed by atoms with E-state index < -0.39 is 0 Å². The maximum atomic E-state index is 11.2. The van der Waals surface area contributed by atoms with Crippen molar-refractivity contribution < 1.29 is 4.79 Å². The summed E-state index contributed by atoms with van der Waals surface area (Å²) in [4.78, 5) is 21.1. The second kappa shape index (κ2) is 3.53. The molecule has 0 aromatic carbocycles. The van der Waals surface area contributed by atoms with Crippen molar-refractivity contribution in [1.29, 1.82) is 0 Å². The van der Waals surface area contributed by atoms with E-state index in [1.807, 2.05) is 0 Å². The molecule has 0 spiro atoms. The number of hydrogen-bond acceptors (Lipinski definition) is 3. The van der Waals surface area contributed by atoms with Gasteiger partial charge in [0, 0.05) is 26.0 Å². The van der Waals surface area contributed by atoms with Gasteiger partial charge in [-0.15, -0.1) is 0 Å². The van der Waals surface area contributed by atoms with Crippen LogP contribution in [0.25, 0.3) is 0 Å². The molecule has 0 saturated carbocycles. The van der Waals surface area contributed by atoms with E-state index in [9.17, 15) is 4.79 Å². The lowest BCUT2D eigenvalue weighted by Crippen LogP contribution is -2.26. The molecule has 5 nitrogen and oxygen atoms in total. The van der Waals surface area contributed by atoms with Crippen LogP contribution in [0.5, 0.6) is 0 Å². The monoisotopic (exact) mass is 256 g/mol. The number of nitrogens with one attached hydrogen (secondary N) is 1. The van der Waals surface area contributed by atoms with Gasteiger partial charge in [-0.05, 0) is 15.9 Å². The van der Waals surface area contributed by atoms with Crippen molar-refractivity contribution in [3.05, 3.63) is 22.7 Å². The number of carbonyl (C=O) groups is 1. The largest absolute Gasteiger partial charge is 0.335 e. The van der Waals surface area contributed by atoms with E-state index >= 15 is 0 Å². The van der Waals surface area contributed by atoms with Gasteiger partial charge in [-0.25, -0.2) is 14.8 Å². The van der Waals surface area contributed by atoms with Gasteiger partial charge in [0.2, 0.25) is 0 Å². The van der Waals surface area contributed by atoms with Gasteiger partial charge in [0.25, 0.3) is 0 Å². The highest BCUT2D eigenvalue weighted by Gasteiger charge is 2.30. The van der Waals surface area contributed by atoms with Crippen molar-refractivity contribution >= 4 is 22.0 Å². The van der Waals surface area contributed by atoms with Gasteiger partial charge in [-0.1, -0.05) is 0 Å². The molecule has 14 heavy (non-hydrogen) atoms. The van der Waals surface area contributed by atoms with Crippen LogP contribution in [0.15, 0.2) is 16.9 Å². The van der Waals surface area contributed by atoms with E-state index in [-0.39, 0.29) is 12.1 Å². The summed E-state index contributed by atoms with van der Waals surface area (Å²) in [5.74, 6) is 0.661. The molecule has 1 aliphatic rings. The number of aromatic nitrogens is 2. The summed E-state index contributed by atoms with van der Waals surface area (Å²) in [6.07, 6.45) is 3.36. The Kier molecular flexibility index (Phi) is 2.37. The molecule has 0 radical (unpaired) electrons. The second-order valence-corrected chi connectivity index (χ2v) is 3.99. The summed E-state index contributed by atoms with van der Waals surface area (Å²) in [5, 5.41) is 2.73. The molecule has 1 saturated heterocycles. The molecule has 1 aromatic rings. The van der Waals surface area contributed by atoms with E-state index in [0.29, 0.717) is 12.4 Å². The normalized spacial score (nSPS) is 21.1. The van der Waals surface area contributed by atoms with Gasteiger partial charge in [0.05, 0.1) is 4.47 Å². The lowest BCUT2D eigenvalue weighted by Gasteiger charge is -2.15. The predicted molar refractivity (Wildman–Crippen MR) is 53.6 cm³/mol. The first-order chi connectivity index (χ1) is 6.68. The van der Waals surface area contributed by atoms with Crippen molar-refractivity contribution in [2.45, 2.75) is 6.04 Å². The zero-order valence-electron chi connectivity index (χ0n) is 7.57. The number of rotatable bonds is 1. The third kappa shape index (κ3) is 1.57. The Morgan fingerprint density at radius 1 is 1.57 bits per heavy atom. The van der Waals surface area contributed by atoms with E-state index in [1.165, 1.54) is 0 Å². The molecule has 6 heteroatoms. The molecule has 1 fully saturated rings. The lowest BCUT2D eigenvalue weighted by molar-refractivity contribution is 0.215. The summed E-state index contributed by atoms with van der Waals surface area (Å²) in [6, 6.07) is -0.142. The molecule has 2 heterocycles. The predicted octanol–water partition coefficient (Wildman–Crippen LogP) is 0.935. The van der Waals surface area contributed by atoms with Gasteiger partial charge in [0.15, 0.2) is 5.82 Å². The van der Waals surface area contributed by atoms with E-state index in [4.69, 9.17) is 0 Å². The third-order valence-corrected chi connectivity index (χ3v) is 2.58. The number of halogens is 1. The number of urea groups is 1. The van der Waals surface area contributed by atoms with Gasteiger partial charge >= 0.3 is 6.03 Å². The quantitative estimate of drug-likeness (QED) is 0.814. The zero-order chi connectivity index (χ0) is 10.1. The maximum absolute atomic E-state index is 11.2. The average Bonchev–Trinajstić information content (AvgIpc) is 2.50. The second-order valence-electron chi connectivity index (χ2n) is 3.07. The molecular weight excluding hydrogens is 248 g/mol. The number of nitrogens with zero attached hydrogens (tertiary/aromatic N) is 3. The van der Waals surface area contributed by atoms with Crippen LogP contribution >= 0.6 is 15.9 Å². The molecule has 2 amide bonds. The Morgan fingerprint density at radius 2 is 2.21 bits per heavy atom. The van der Waals surface area contributed by atoms with Crippen molar-refractivity contribution in [3.8, 4) is 0 Å². The van der Waals surface area contributed by atoms with Gasteiger partial charge in [0.1, 0.15) is 6.04 Å². The smallest absolute Gasteiger partial charge is 0.317 e. The molecule has 1 aromatic heterocycles. The van der Waals surface area contributed by atoms with E-state index in [1.54, 1.807) is 24.3 Å². The van der Waals surface area contributed by atoms with E-state index in [2.05, 4.69) is 31.2 Å². The number of likely N-dealkylation sites (N-methyl/N-ethyl adjacent to an activating group) is 1. The van der Waals surface area contributed by atoms with Crippen LogP contribution in [0, 0.1) is 0 Å². The molecule has 1 atom stereocenters. The molecular formula is C8H9BrN4O. The fourth-order valence-electron chi connectivity index (χ4n) is 1.35. The molecule has 2 rings (SSSR count). The van der Waals surface area contributed by atoms with Crippen LogP contribution < -0.4 is 5.32 Å². The lowest BCUT2D eigenvalue weighted by atomic mass is 10.3. The first-order valence-electron chi connectivity index (χ1n) is 4.16. The summed E-state index contributed by atoms with van der Waals surface area (Å²) in [7, 11) is 1.73. The summed E-state index contributed by atoms with van der Waals surface area (Å²) in [5.41, 5.74) is 0. The molecule has 0 aliphatic carbocycles. The minimum absolute atomic E-state index is 0.0596. The maximum Gasteiger partial charge on any atom is 0.317 e. The Hall–Kier alpha value is -1.17. The van der Waals surface area contributed by atoms with Crippen LogP contribution in [0.1, 0.15) is 11.9 Å². The Morgan fingerprint density at radius 3 is 2.71 bits per heavy atom. The van der Waals surface area contributed by atoms with Crippen LogP contribution in [-0.4, -0.2) is 34.5 Å². The molecule has 1 unspecified atom stereocenters. The average molecular weight is 257 g/mol. The fraction of sp³-hybridized carbons (Fsp3) is 0.375. The Bertz CT molecular complexity index is 353. The minimum Gasteiger partial charge on any atom is -0.335 e. The number of hydrogen-bond donors (Lipinski definition) is 1. The highest BCUT2D eigenvalue weighted by atomic mass is 79.9. The molecule has 74 valence electrons. The SMILES string of the molecule is CN1C(=O)NCC1c1ncc(Br)cn1. The molecule has 0 bridgehead atoms. The highest BCUT2D eigenvalue weighted by molar-refractivity contribution is 9.10. The highest BCUT2D eigenvalue weighted by Crippen LogP contribution is 2.19. The van der Waals surface area contributed by atoms with Crippen molar-refractivity contribution in [2.75, 3.05) is 13.6 Å². The third-order valence-electron chi connectivity index (χ3n) is 2.17. The van der Waals surface area contributed by atoms with Crippen LogP contribution in [0.4, 0.5) is 4.79 Å². The molecule has 1 N–H and O–H groups in total. The topological polar surface area (TPSA) is 58.1 Å². The van der Waals surface area contributed by atoms with Crippen molar-refractivity contribution in [2.24, 2.45) is 0 Å². The Balaban J connectivity index is 2.23. The number of carbonyl (C=O) groups excluding carboxylic acids is 1. The van der Waals surface area contributed by atoms with Gasteiger partial charge < -0.3 is 10.2 Å². The summed E-state index contributed by atoms with van der Waals surface area (Å²) < 4.78 is 0.834. The standard InChI is InChI=1S/C8H9BrN4O/c1-13-6(4-12-8(13)14)7-10-2-5(9)3-11-7/h2-3,6H,4H2,1H3,(H,12,14). The van der Waals surface area contributed by atoms with Crippen LogP contribution in [0.3, 0.4) is 0 Å². The Labute approximate surface area is 89.7 Å². The first-order valence-corrected chi connectivity index (χ1v) is 4.96. The minimum atomic E-state index is -0.0819. The zero-order valence-corrected chi connectivity index (χ0v) is 9.15. The first kappa shape index (κ1) is 9.39. The van der Waals surface area contributed by atoms with Crippen molar-refractivity contribution in [3.63, 3.8) is 0 Å². The molecule has 1 aliphatic heterocycles. The fourth-order valence-corrected chi connectivity index (χ4v) is 1.55. The summed E-state index contributed by atoms with van der Waals surface area (Å²) in [6.45, 7) is 0.566. The van der Waals surface area contributed by atoms with Gasteiger partial charge in [-0.2, -0.15) is 0 Å².